The molecule has 0 saturated carbocycles. The highest BCUT2D eigenvalue weighted by molar-refractivity contribution is 5.11. The van der Waals surface area contributed by atoms with E-state index in [2.05, 4.69) is 43.7 Å². The van der Waals surface area contributed by atoms with Gasteiger partial charge in [0.25, 0.3) is 0 Å². The number of aryl methyl sites for hydroxylation is 2. The molecule has 0 N–H and O–H groups in total. The highest BCUT2D eigenvalue weighted by Crippen LogP contribution is 2.13. The van der Waals surface area contributed by atoms with E-state index in [1.807, 2.05) is 0 Å². The Morgan fingerprint density at radius 3 is 1.50 bits per heavy atom. The van der Waals surface area contributed by atoms with E-state index in [0.717, 1.165) is 0 Å². The summed E-state index contributed by atoms with van der Waals surface area (Å²) in [5, 5.41) is 0. The molecule has 0 unspecified atom stereocenters. The molecular formula is C25H46N+. The second-order valence-electron chi connectivity index (χ2n) is 8.27. The summed E-state index contributed by atoms with van der Waals surface area (Å²) >= 11 is 0. The van der Waals surface area contributed by atoms with Crippen LogP contribution in [-0.4, -0.2) is 0 Å². The average molecular weight is 361 g/mol. The van der Waals surface area contributed by atoms with Crippen LogP contribution in [-0.2, 0) is 6.54 Å². The maximum Gasteiger partial charge on any atom is 0.181 e. The normalized spacial score (nSPS) is 11.2. The standard InChI is InChI=1S/C25H46N/c1-4-5-6-7-8-9-10-11-12-13-14-15-16-17-18-19-22-26-23-20-21-24(2)25(26)3/h20-21,23H,4-19,22H2,1-3H3/q+1. The highest BCUT2D eigenvalue weighted by Gasteiger charge is 2.07. The van der Waals surface area contributed by atoms with Gasteiger partial charge in [0, 0.05) is 25.0 Å². The molecule has 1 heterocycles. The minimum absolute atomic E-state index is 1.19. The molecule has 0 atom stereocenters. The predicted octanol–water partition coefficient (Wildman–Crippen LogP) is 7.85. The monoisotopic (exact) mass is 360 g/mol. The van der Waals surface area contributed by atoms with Crippen LogP contribution in [0.3, 0.4) is 0 Å². The molecule has 26 heavy (non-hydrogen) atoms. The number of unbranched alkanes of at least 4 members (excludes halogenated alkanes) is 15. The van der Waals surface area contributed by atoms with E-state index in [4.69, 9.17) is 0 Å². The number of hydrogen-bond donors (Lipinski definition) is 0. The summed E-state index contributed by atoms with van der Waals surface area (Å²) in [6.45, 7) is 7.93. The smallest absolute Gasteiger partial charge is 0.181 e. The van der Waals surface area contributed by atoms with Crippen LogP contribution in [0.1, 0.15) is 121 Å². The largest absolute Gasteiger partial charge is 0.202 e. The summed E-state index contributed by atoms with van der Waals surface area (Å²) in [5.41, 5.74) is 2.83. The first kappa shape index (κ1) is 23.2. The van der Waals surface area contributed by atoms with E-state index in [1.54, 1.807) is 0 Å². The van der Waals surface area contributed by atoms with E-state index in [0.29, 0.717) is 0 Å². The fourth-order valence-electron chi connectivity index (χ4n) is 3.82. The van der Waals surface area contributed by atoms with Gasteiger partial charge >= 0.3 is 0 Å². The number of pyridine rings is 1. The Labute approximate surface area is 164 Å². The SMILES string of the molecule is CCCCCCCCCCCCCCCCCC[n+]1cccc(C)c1C. The van der Waals surface area contributed by atoms with E-state index < -0.39 is 0 Å². The maximum absolute atomic E-state index is 2.42. The fourth-order valence-corrected chi connectivity index (χ4v) is 3.82. The predicted molar refractivity (Wildman–Crippen MR) is 116 cm³/mol. The molecule has 0 bridgehead atoms. The Hall–Kier alpha value is -0.850. The van der Waals surface area contributed by atoms with E-state index in [1.165, 1.54) is 121 Å². The third-order valence-corrected chi connectivity index (χ3v) is 5.87. The van der Waals surface area contributed by atoms with Gasteiger partial charge in [-0.25, -0.2) is 4.57 Å². The van der Waals surface area contributed by atoms with Crippen molar-refractivity contribution in [2.24, 2.45) is 0 Å². The van der Waals surface area contributed by atoms with Crippen LogP contribution in [0.2, 0.25) is 0 Å². The molecule has 0 radical (unpaired) electrons. The number of aromatic nitrogens is 1. The van der Waals surface area contributed by atoms with Gasteiger partial charge in [0.2, 0.25) is 0 Å². The molecule has 1 nitrogen and oxygen atoms in total. The Bertz CT molecular complexity index is 438. The second-order valence-corrected chi connectivity index (χ2v) is 8.27. The molecule has 0 spiro atoms. The lowest BCUT2D eigenvalue weighted by molar-refractivity contribution is -0.703. The van der Waals surface area contributed by atoms with Crippen molar-refractivity contribution in [2.45, 2.75) is 130 Å². The molecule has 0 amide bonds. The fraction of sp³-hybridized carbons (Fsp3) is 0.800. The third-order valence-electron chi connectivity index (χ3n) is 5.87. The van der Waals surface area contributed by atoms with Gasteiger partial charge in [0.05, 0.1) is 0 Å². The van der Waals surface area contributed by atoms with Crippen molar-refractivity contribution >= 4 is 0 Å². The molecule has 1 rings (SSSR count). The van der Waals surface area contributed by atoms with Gasteiger partial charge in [-0.1, -0.05) is 96.8 Å². The van der Waals surface area contributed by atoms with Crippen LogP contribution in [0.15, 0.2) is 18.3 Å². The van der Waals surface area contributed by atoms with Gasteiger partial charge in [0.1, 0.15) is 6.54 Å². The van der Waals surface area contributed by atoms with Crippen LogP contribution >= 0.6 is 0 Å². The molecular weight excluding hydrogens is 314 g/mol. The number of hydrogen-bond acceptors (Lipinski definition) is 0. The molecule has 0 aliphatic carbocycles. The first-order chi connectivity index (χ1) is 12.8. The first-order valence-electron chi connectivity index (χ1n) is 11.7. The lowest BCUT2D eigenvalue weighted by Crippen LogP contribution is -2.37. The lowest BCUT2D eigenvalue weighted by atomic mass is 10.0. The molecule has 1 aromatic rings. The summed E-state index contributed by atoms with van der Waals surface area (Å²) in [6.07, 6.45) is 25.3. The lowest BCUT2D eigenvalue weighted by Gasteiger charge is -2.04. The zero-order valence-electron chi connectivity index (χ0n) is 18.2. The van der Waals surface area contributed by atoms with Crippen molar-refractivity contribution in [3.8, 4) is 0 Å². The van der Waals surface area contributed by atoms with Crippen LogP contribution < -0.4 is 4.57 Å². The molecule has 1 heteroatoms. The second kappa shape index (κ2) is 16.3. The zero-order valence-corrected chi connectivity index (χ0v) is 18.2. The molecule has 150 valence electrons. The Morgan fingerprint density at radius 1 is 0.615 bits per heavy atom. The Kier molecular flexibility index (Phi) is 14.6. The van der Waals surface area contributed by atoms with Crippen LogP contribution in [0, 0.1) is 13.8 Å². The molecule has 0 aliphatic rings. The molecule has 1 aromatic heterocycles. The maximum atomic E-state index is 2.42. The van der Waals surface area contributed by atoms with Gasteiger partial charge in [-0.3, -0.25) is 0 Å². The van der Waals surface area contributed by atoms with Gasteiger partial charge in [-0.05, 0) is 19.4 Å². The van der Waals surface area contributed by atoms with Crippen molar-refractivity contribution in [3.63, 3.8) is 0 Å². The van der Waals surface area contributed by atoms with Crippen molar-refractivity contribution in [2.75, 3.05) is 0 Å². The zero-order chi connectivity index (χ0) is 18.9. The van der Waals surface area contributed by atoms with E-state index >= 15 is 0 Å². The van der Waals surface area contributed by atoms with Crippen molar-refractivity contribution in [3.05, 3.63) is 29.6 Å². The van der Waals surface area contributed by atoms with Crippen LogP contribution in [0.4, 0.5) is 0 Å². The third kappa shape index (κ3) is 11.7. The van der Waals surface area contributed by atoms with Crippen molar-refractivity contribution in [1.82, 2.24) is 0 Å². The minimum atomic E-state index is 1.19. The number of nitrogens with zero attached hydrogens (tertiary/aromatic N) is 1. The topological polar surface area (TPSA) is 3.88 Å². The first-order valence-corrected chi connectivity index (χ1v) is 11.7. The summed E-state index contributed by atoms with van der Waals surface area (Å²) in [5.74, 6) is 0. The summed E-state index contributed by atoms with van der Waals surface area (Å²) < 4.78 is 2.42. The van der Waals surface area contributed by atoms with Gasteiger partial charge < -0.3 is 0 Å². The van der Waals surface area contributed by atoms with Crippen molar-refractivity contribution < 1.29 is 4.57 Å². The van der Waals surface area contributed by atoms with Crippen LogP contribution in [0.5, 0.6) is 0 Å². The minimum Gasteiger partial charge on any atom is -0.202 e. The molecule has 0 aliphatic heterocycles. The summed E-state index contributed by atoms with van der Waals surface area (Å²) in [6, 6.07) is 4.38. The van der Waals surface area contributed by atoms with Crippen LogP contribution in [0.25, 0.3) is 0 Å². The van der Waals surface area contributed by atoms with Gasteiger partial charge in [-0.15, -0.1) is 0 Å². The molecule has 0 saturated heterocycles. The number of rotatable bonds is 17. The Balaban J connectivity index is 1.80. The van der Waals surface area contributed by atoms with E-state index in [9.17, 15) is 0 Å². The summed E-state index contributed by atoms with van der Waals surface area (Å²) in [4.78, 5) is 0. The Morgan fingerprint density at radius 2 is 1.04 bits per heavy atom. The van der Waals surface area contributed by atoms with Gasteiger partial charge in [-0.2, -0.15) is 0 Å². The average Bonchev–Trinajstić information content (AvgIpc) is 2.64. The summed E-state index contributed by atoms with van der Waals surface area (Å²) in [7, 11) is 0. The molecule has 0 aromatic carbocycles. The quantitative estimate of drug-likeness (QED) is 0.197. The van der Waals surface area contributed by atoms with Gasteiger partial charge in [0.15, 0.2) is 11.9 Å². The van der Waals surface area contributed by atoms with E-state index in [-0.39, 0.29) is 0 Å². The highest BCUT2D eigenvalue weighted by atomic mass is 14.9. The van der Waals surface area contributed by atoms with Crippen molar-refractivity contribution in [1.29, 1.82) is 0 Å². The molecule has 0 fully saturated rings.